The van der Waals surface area contributed by atoms with Crippen LogP contribution in [0, 0.1) is 0 Å². The van der Waals surface area contributed by atoms with Gasteiger partial charge in [0.15, 0.2) is 0 Å². The molecule has 0 aliphatic carbocycles. The fraction of sp³-hybridized carbons (Fsp3) is 0.133. The van der Waals surface area contributed by atoms with Crippen LogP contribution in [0.3, 0.4) is 0 Å². The van der Waals surface area contributed by atoms with Crippen molar-refractivity contribution in [3.8, 4) is 0 Å². The molecule has 0 atom stereocenters. The predicted octanol–water partition coefficient (Wildman–Crippen LogP) is 3.22. The van der Waals surface area contributed by atoms with E-state index < -0.39 is 0 Å². The summed E-state index contributed by atoms with van der Waals surface area (Å²) in [5.41, 5.74) is 1.95. The number of nitrogens with one attached hydrogen (secondary N) is 1. The number of nitrogens with zero attached hydrogens (tertiary/aromatic N) is 4. The van der Waals surface area contributed by atoms with E-state index in [-0.39, 0.29) is 5.91 Å². The molecule has 0 unspecified atom stereocenters. The molecule has 1 amide bonds. The fourth-order valence-electron chi connectivity index (χ4n) is 2.15. The topological polar surface area (TPSA) is 64.7 Å². The average molecular weight is 350 g/mol. The minimum Gasteiger partial charge on any atom is -0.318 e. The summed E-state index contributed by atoms with van der Waals surface area (Å²) >= 11 is 11.8. The van der Waals surface area contributed by atoms with Crippen LogP contribution < -0.4 is 5.32 Å². The van der Waals surface area contributed by atoms with Gasteiger partial charge in [-0.3, -0.25) is 14.2 Å². The van der Waals surface area contributed by atoms with Crippen LogP contribution in [-0.4, -0.2) is 25.5 Å². The summed E-state index contributed by atoms with van der Waals surface area (Å²) in [5.74, 6) is -0.332. The highest BCUT2D eigenvalue weighted by atomic mass is 35.5. The van der Waals surface area contributed by atoms with E-state index in [1.807, 2.05) is 24.3 Å². The molecule has 118 valence electrons. The van der Waals surface area contributed by atoms with E-state index >= 15 is 0 Å². The van der Waals surface area contributed by atoms with Crippen molar-refractivity contribution >= 4 is 34.8 Å². The second-order valence-electron chi connectivity index (χ2n) is 4.97. The molecule has 0 bridgehead atoms. The van der Waals surface area contributed by atoms with Crippen LogP contribution in [0.4, 0.5) is 5.69 Å². The molecular weight excluding hydrogens is 337 g/mol. The number of hydrogen-bond donors (Lipinski definition) is 1. The number of benzene rings is 1. The van der Waals surface area contributed by atoms with Crippen molar-refractivity contribution in [3.05, 3.63) is 64.2 Å². The number of aromatic nitrogens is 4. The average Bonchev–Trinajstić information content (AvgIpc) is 3.08. The molecule has 2 heterocycles. The van der Waals surface area contributed by atoms with Gasteiger partial charge >= 0.3 is 0 Å². The van der Waals surface area contributed by atoms with Crippen molar-refractivity contribution in [3.63, 3.8) is 0 Å². The number of carbonyl (C=O) groups is 1. The van der Waals surface area contributed by atoms with Crippen LogP contribution in [0.15, 0.2) is 42.9 Å². The standard InChI is InChI=1S/C15H13Cl2N5O/c1-21-14(13(17)7-18-21)15(23)20-12-6-19-22(9-12)8-10-2-4-11(16)5-3-10/h2-7,9H,8H2,1H3,(H,20,23). The number of hydrogen-bond acceptors (Lipinski definition) is 3. The van der Waals surface area contributed by atoms with Gasteiger partial charge in [-0.2, -0.15) is 10.2 Å². The molecule has 23 heavy (non-hydrogen) atoms. The van der Waals surface area contributed by atoms with Crippen LogP contribution >= 0.6 is 23.2 Å². The summed E-state index contributed by atoms with van der Waals surface area (Å²) in [5, 5.41) is 11.9. The number of anilines is 1. The fourth-order valence-corrected chi connectivity index (χ4v) is 2.53. The third-order valence-electron chi connectivity index (χ3n) is 3.26. The molecule has 2 aromatic heterocycles. The molecule has 1 N–H and O–H groups in total. The number of halogens is 2. The summed E-state index contributed by atoms with van der Waals surface area (Å²) in [4.78, 5) is 12.2. The van der Waals surface area contributed by atoms with E-state index in [0.29, 0.717) is 28.0 Å². The summed E-state index contributed by atoms with van der Waals surface area (Å²) in [6, 6.07) is 7.51. The van der Waals surface area contributed by atoms with Gasteiger partial charge in [0.25, 0.3) is 5.91 Å². The third-order valence-corrected chi connectivity index (χ3v) is 3.79. The van der Waals surface area contributed by atoms with Gasteiger partial charge < -0.3 is 5.32 Å². The number of rotatable bonds is 4. The zero-order chi connectivity index (χ0) is 16.4. The molecule has 3 rings (SSSR count). The van der Waals surface area contributed by atoms with Crippen molar-refractivity contribution in [1.29, 1.82) is 0 Å². The van der Waals surface area contributed by atoms with E-state index in [4.69, 9.17) is 23.2 Å². The molecule has 0 fully saturated rings. The molecular formula is C15H13Cl2N5O. The lowest BCUT2D eigenvalue weighted by Gasteiger charge is -2.04. The Hall–Kier alpha value is -2.31. The first-order chi connectivity index (χ1) is 11.0. The highest BCUT2D eigenvalue weighted by molar-refractivity contribution is 6.34. The first-order valence-electron chi connectivity index (χ1n) is 6.78. The summed E-state index contributed by atoms with van der Waals surface area (Å²) in [6.45, 7) is 0.583. The lowest BCUT2D eigenvalue weighted by molar-refractivity contribution is 0.101. The van der Waals surface area contributed by atoms with Gasteiger partial charge in [0.1, 0.15) is 5.69 Å². The van der Waals surface area contributed by atoms with Gasteiger partial charge in [0.2, 0.25) is 0 Å². The number of amides is 1. The molecule has 6 nitrogen and oxygen atoms in total. The van der Waals surface area contributed by atoms with Gasteiger partial charge in [-0.25, -0.2) is 0 Å². The van der Waals surface area contributed by atoms with Crippen molar-refractivity contribution < 1.29 is 4.79 Å². The molecule has 0 saturated heterocycles. The molecule has 3 aromatic rings. The summed E-state index contributed by atoms with van der Waals surface area (Å²) in [7, 11) is 1.66. The third kappa shape index (κ3) is 3.55. The maximum atomic E-state index is 12.2. The van der Waals surface area contributed by atoms with Crippen LogP contribution in [0.25, 0.3) is 0 Å². The molecule has 8 heteroatoms. The zero-order valence-corrected chi connectivity index (χ0v) is 13.7. The molecule has 0 saturated carbocycles. The highest BCUT2D eigenvalue weighted by Gasteiger charge is 2.16. The maximum absolute atomic E-state index is 12.2. The van der Waals surface area contributed by atoms with Gasteiger partial charge in [0.05, 0.1) is 29.6 Å². The highest BCUT2D eigenvalue weighted by Crippen LogP contribution is 2.17. The summed E-state index contributed by atoms with van der Waals surface area (Å²) < 4.78 is 3.15. The van der Waals surface area contributed by atoms with Crippen molar-refractivity contribution in [2.24, 2.45) is 7.05 Å². The largest absolute Gasteiger partial charge is 0.318 e. The van der Waals surface area contributed by atoms with Crippen molar-refractivity contribution in [2.75, 3.05) is 5.32 Å². The molecule has 0 aliphatic rings. The van der Waals surface area contributed by atoms with Gasteiger partial charge in [-0.05, 0) is 17.7 Å². The molecule has 0 aliphatic heterocycles. The number of aryl methyl sites for hydroxylation is 1. The lowest BCUT2D eigenvalue weighted by Crippen LogP contribution is -2.16. The zero-order valence-electron chi connectivity index (χ0n) is 12.2. The van der Waals surface area contributed by atoms with Crippen LogP contribution in [0.1, 0.15) is 16.1 Å². The number of carbonyl (C=O) groups excluding carboxylic acids is 1. The van der Waals surface area contributed by atoms with Crippen molar-refractivity contribution in [2.45, 2.75) is 6.54 Å². The van der Waals surface area contributed by atoms with Crippen LogP contribution in [0.2, 0.25) is 10.0 Å². The Kier molecular flexibility index (Phi) is 4.36. The summed E-state index contributed by atoms with van der Waals surface area (Å²) in [6.07, 6.45) is 4.76. The Labute approximate surface area is 142 Å². The minimum atomic E-state index is -0.332. The van der Waals surface area contributed by atoms with Crippen LogP contribution in [-0.2, 0) is 13.6 Å². The minimum absolute atomic E-state index is 0.303. The lowest BCUT2D eigenvalue weighted by atomic mass is 10.2. The van der Waals surface area contributed by atoms with E-state index in [1.165, 1.54) is 10.9 Å². The second-order valence-corrected chi connectivity index (χ2v) is 5.82. The Balaban J connectivity index is 1.70. The SMILES string of the molecule is Cn1ncc(Cl)c1C(=O)Nc1cnn(Cc2ccc(Cl)cc2)c1. The van der Waals surface area contributed by atoms with E-state index in [1.54, 1.807) is 24.1 Å². The first kappa shape index (κ1) is 15.6. The Morgan fingerprint density at radius 2 is 1.91 bits per heavy atom. The van der Waals surface area contributed by atoms with E-state index in [9.17, 15) is 4.79 Å². The Bertz CT molecular complexity index is 818. The van der Waals surface area contributed by atoms with Gasteiger partial charge in [-0.1, -0.05) is 35.3 Å². The first-order valence-corrected chi connectivity index (χ1v) is 7.54. The smallest absolute Gasteiger partial charge is 0.275 e. The Morgan fingerprint density at radius 3 is 2.57 bits per heavy atom. The second kappa shape index (κ2) is 6.44. The quantitative estimate of drug-likeness (QED) is 0.786. The predicted molar refractivity (Wildman–Crippen MR) is 89.0 cm³/mol. The van der Waals surface area contributed by atoms with E-state index in [0.717, 1.165) is 5.56 Å². The Morgan fingerprint density at radius 1 is 1.17 bits per heavy atom. The van der Waals surface area contributed by atoms with Crippen LogP contribution in [0.5, 0.6) is 0 Å². The van der Waals surface area contributed by atoms with Gasteiger partial charge in [-0.15, -0.1) is 0 Å². The maximum Gasteiger partial charge on any atom is 0.275 e. The molecule has 0 radical (unpaired) electrons. The normalized spacial score (nSPS) is 10.7. The van der Waals surface area contributed by atoms with Crippen molar-refractivity contribution in [1.82, 2.24) is 19.6 Å². The molecule has 1 aromatic carbocycles. The monoisotopic (exact) mass is 349 g/mol. The molecule has 0 spiro atoms. The van der Waals surface area contributed by atoms with Gasteiger partial charge in [0, 0.05) is 18.3 Å². The van der Waals surface area contributed by atoms with E-state index in [2.05, 4.69) is 15.5 Å².